The predicted molar refractivity (Wildman–Crippen MR) is 76.7 cm³/mol. The molecule has 0 saturated heterocycles. The molecule has 0 spiro atoms. The fourth-order valence-corrected chi connectivity index (χ4v) is 2.41. The molecular formula is C15H27N2O2. The van der Waals surface area contributed by atoms with Gasteiger partial charge in [0.05, 0.1) is 0 Å². The minimum absolute atomic E-state index is 0.137. The summed E-state index contributed by atoms with van der Waals surface area (Å²) >= 11 is 0. The van der Waals surface area contributed by atoms with Crippen LogP contribution in [0, 0.1) is 12.3 Å². The van der Waals surface area contributed by atoms with Crippen LogP contribution in [-0.4, -0.2) is 43.8 Å². The van der Waals surface area contributed by atoms with Crippen molar-refractivity contribution in [1.29, 1.82) is 0 Å². The van der Waals surface area contributed by atoms with Crippen LogP contribution in [0.2, 0.25) is 0 Å². The van der Waals surface area contributed by atoms with E-state index in [9.17, 15) is 9.59 Å². The van der Waals surface area contributed by atoms with Crippen molar-refractivity contribution in [3.8, 4) is 0 Å². The Balaban J connectivity index is 1.99. The molecule has 1 N–H and O–H groups in total. The molecule has 1 saturated carbocycles. The molecule has 0 atom stereocenters. The number of rotatable bonds is 9. The number of nitrogens with one attached hydrogen (secondary N) is 1. The molecule has 4 nitrogen and oxygen atoms in total. The normalized spacial score (nSPS) is 15.9. The van der Waals surface area contributed by atoms with Crippen molar-refractivity contribution in [3.05, 3.63) is 6.42 Å². The van der Waals surface area contributed by atoms with Crippen LogP contribution in [0.1, 0.15) is 44.9 Å². The minimum atomic E-state index is 0.137. The summed E-state index contributed by atoms with van der Waals surface area (Å²) in [4.78, 5) is 25.4. The second-order valence-corrected chi connectivity index (χ2v) is 5.64. The Morgan fingerprint density at radius 3 is 2.58 bits per heavy atom. The van der Waals surface area contributed by atoms with Crippen LogP contribution in [0.25, 0.3) is 0 Å². The first kappa shape index (κ1) is 16.2. The van der Waals surface area contributed by atoms with Crippen molar-refractivity contribution in [2.24, 2.45) is 5.92 Å². The molecule has 19 heavy (non-hydrogen) atoms. The Labute approximate surface area is 116 Å². The van der Waals surface area contributed by atoms with Gasteiger partial charge in [-0.2, -0.15) is 0 Å². The Bertz CT molecular complexity index is 284. The third kappa shape index (κ3) is 7.31. The molecule has 1 aliphatic rings. The zero-order valence-electron chi connectivity index (χ0n) is 12.3. The van der Waals surface area contributed by atoms with Crippen molar-refractivity contribution in [1.82, 2.24) is 10.2 Å². The fourth-order valence-electron chi connectivity index (χ4n) is 2.41. The first-order valence-corrected chi connectivity index (χ1v) is 7.38. The van der Waals surface area contributed by atoms with Gasteiger partial charge in [-0.1, -0.05) is 12.8 Å². The number of carbonyl (C=O) groups excluding carboxylic acids is 2. The molecule has 1 amide bonds. The largest absolute Gasteiger partial charge is 0.355 e. The van der Waals surface area contributed by atoms with Gasteiger partial charge < -0.3 is 10.2 Å². The average Bonchev–Trinajstić information content (AvgIpc) is 2.88. The number of amides is 1. The molecule has 0 aromatic heterocycles. The lowest BCUT2D eigenvalue weighted by Gasteiger charge is -2.10. The van der Waals surface area contributed by atoms with E-state index in [2.05, 4.69) is 10.2 Å². The Morgan fingerprint density at radius 1 is 1.26 bits per heavy atom. The highest BCUT2D eigenvalue weighted by Gasteiger charge is 2.22. The van der Waals surface area contributed by atoms with Crippen molar-refractivity contribution < 1.29 is 9.59 Å². The molecule has 0 bridgehead atoms. The van der Waals surface area contributed by atoms with Gasteiger partial charge in [-0.25, -0.2) is 0 Å². The lowest BCUT2D eigenvalue weighted by molar-refractivity contribution is -0.124. The number of Topliss-reactive ketones (excluding diaryl/α,β-unsaturated/α-hetero) is 1. The smallest absolute Gasteiger partial charge is 0.223 e. The van der Waals surface area contributed by atoms with Crippen molar-refractivity contribution in [3.63, 3.8) is 0 Å². The fraction of sp³-hybridized carbons (Fsp3) is 0.800. The number of hydrogen-bond acceptors (Lipinski definition) is 3. The van der Waals surface area contributed by atoms with E-state index in [-0.39, 0.29) is 17.6 Å². The maximum absolute atomic E-state index is 11.7. The first-order chi connectivity index (χ1) is 9.09. The van der Waals surface area contributed by atoms with Gasteiger partial charge in [0.25, 0.3) is 0 Å². The average molecular weight is 267 g/mol. The van der Waals surface area contributed by atoms with Gasteiger partial charge in [0.15, 0.2) is 0 Å². The van der Waals surface area contributed by atoms with Crippen LogP contribution >= 0.6 is 0 Å². The molecule has 0 heterocycles. The molecule has 1 aliphatic carbocycles. The number of carbonyl (C=O) groups is 2. The van der Waals surface area contributed by atoms with E-state index in [1.54, 1.807) is 6.42 Å². The van der Waals surface area contributed by atoms with Crippen LogP contribution in [0.4, 0.5) is 0 Å². The van der Waals surface area contributed by atoms with E-state index in [0.717, 1.165) is 45.1 Å². The molecule has 1 rings (SSSR count). The second-order valence-electron chi connectivity index (χ2n) is 5.64. The topological polar surface area (TPSA) is 49.4 Å². The maximum Gasteiger partial charge on any atom is 0.223 e. The monoisotopic (exact) mass is 267 g/mol. The lowest BCUT2D eigenvalue weighted by atomic mass is 10.1. The van der Waals surface area contributed by atoms with E-state index in [0.29, 0.717) is 13.0 Å². The summed E-state index contributed by atoms with van der Waals surface area (Å²) in [6.45, 7) is 1.49. The zero-order chi connectivity index (χ0) is 14.1. The Hall–Kier alpha value is -0.900. The second kappa shape index (κ2) is 9.08. The van der Waals surface area contributed by atoms with E-state index in [4.69, 9.17) is 0 Å². The molecule has 0 aliphatic heterocycles. The van der Waals surface area contributed by atoms with Gasteiger partial charge in [-0.05, 0) is 46.3 Å². The molecule has 4 heteroatoms. The van der Waals surface area contributed by atoms with Gasteiger partial charge in [0, 0.05) is 25.3 Å². The van der Waals surface area contributed by atoms with Crippen LogP contribution < -0.4 is 5.32 Å². The number of nitrogens with zero attached hydrogens (tertiary/aromatic N) is 1. The van der Waals surface area contributed by atoms with Crippen molar-refractivity contribution in [2.45, 2.75) is 44.9 Å². The molecular weight excluding hydrogens is 240 g/mol. The molecule has 109 valence electrons. The summed E-state index contributed by atoms with van der Waals surface area (Å²) < 4.78 is 0. The minimum Gasteiger partial charge on any atom is -0.355 e. The maximum atomic E-state index is 11.7. The molecule has 0 aromatic carbocycles. The van der Waals surface area contributed by atoms with Crippen LogP contribution in [0.3, 0.4) is 0 Å². The highest BCUT2D eigenvalue weighted by molar-refractivity contribution is 5.87. The molecule has 0 aromatic rings. The summed E-state index contributed by atoms with van der Waals surface area (Å²) in [7, 11) is 4.06. The van der Waals surface area contributed by atoms with Gasteiger partial charge in [0.2, 0.25) is 5.91 Å². The summed E-state index contributed by atoms with van der Waals surface area (Å²) in [5.41, 5.74) is 0. The van der Waals surface area contributed by atoms with Gasteiger partial charge in [-0.3, -0.25) is 9.59 Å². The van der Waals surface area contributed by atoms with E-state index < -0.39 is 0 Å². The van der Waals surface area contributed by atoms with Crippen molar-refractivity contribution >= 4 is 11.7 Å². The highest BCUT2D eigenvalue weighted by Crippen LogP contribution is 2.24. The SMILES string of the molecule is CN(C)CCC[CH]C(=O)CCNC(=O)C1CCCC1. The van der Waals surface area contributed by atoms with E-state index >= 15 is 0 Å². The van der Waals surface area contributed by atoms with Crippen LogP contribution in [-0.2, 0) is 9.59 Å². The highest BCUT2D eigenvalue weighted by atomic mass is 16.2. The molecule has 0 unspecified atom stereocenters. The Morgan fingerprint density at radius 2 is 1.95 bits per heavy atom. The van der Waals surface area contributed by atoms with Crippen LogP contribution in [0.5, 0.6) is 0 Å². The molecule has 1 fully saturated rings. The summed E-state index contributed by atoms with van der Waals surface area (Å²) in [6, 6.07) is 0. The standard InChI is InChI=1S/C15H27N2O2/c1-17(2)12-6-5-9-14(18)10-11-16-15(19)13-7-3-4-8-13/h9,13H,3-8,10-12H2,1-2H3,(H,16,19). The summed E-state index contributed by atoms with van der Waals surface area (Å²) in [5, 5.41) is 2.88. The quantitative estimate of drug-likeness (QED) is 0.648. The molecule has 1 radical (unpaired) electrons. The first-order valence-electron chi connectivity index (χ1n) is 7.38. The zero-order valence-corrected chi connectivity index (χ0v) is 12.3. The van der Waals surface area contributed by atoms with E-state index in [1.807, 2.05) is 14.1 Å². The number of hydrogen-bond donors (Lipinski definition) is 1. The third-order valence-corrected chi connectivity index (χ3v) is 3.58. The predicted octanol–water partition coefficient (Wildman–Crippen LogP) is 1.80. The third-order valence-electron chi connectivity index (χ3n) is 3.58. The van der Waals surface area contributed by atoms with Gasteiger partial charge in [-0.15, -0.1) is 0 Å². The van der Waals surface area contributed by atoms with Crippen molar-refractivity contribution in [2.75, 3.05) is 27.2 Å². The summed E-state index contributed by atoms with van der Waals surface area (Å²) in [6.07, 6.45) is 8.37. The van der Waals surface area contributed by atoms with Gasteiger partial charge in [0.1, 0.15) is 5.78 Å². The number of unbranched alkanes of at least 4 members (excludes halogenated alkanes) is 1. The van der Waals surface area contributed by atoms with E-state index in [1.165, 1.54) is 0 Å². The lowest BCUT2D eigenvalue weighted by Crippen LogP contribution is -2.31. The summed E-state index contributed by atoms with van der Waals surface area (Å²) in [5.74, 6) is 0.475. The van der Waals surface area contributed by atoms with Gasteiger partial charge >= 0.3 is 0 Å². The number of ketones is 1. The Kier molecular flexibility index (Phi) is 7.72. The van der Waals surface area contributed by atoms with Crippen LogP contribution in [0.15, 0.2) is 0 Å².